The van der Waals surface area contributed by atoms with Crippen LogP contribution in [0.25, 0.3) is 6.08 Å². The molecule has 0 radical (unpaired) electrons. The Bertz CT molecular complexity index is 1010. The predicted molar refractivity (Wildman–Crippen MR) is 115 cm³/mol. The van der Waals surface area contributed by atoms with Gasteiger partial charge < -0.3 is 14.8 Å². The molecule has 29 heavy (non-hydrogen) atoms. The fraction of sp³-hybridized carbons (Fsp3) is 0.250. The van der Waals surface area contributed by atoms with Gasteiger partial charge in [0.25, 0.3) is 0 Å². The van der Waals surface area contributed by atoms with Gasteiger partial charge in [0.2, 0.25) is 15.9 Å². The van der Waals surface area contributed by atoms with Crippen molar-refractivity contribution in [2.45, 2.75) is 13.5 Å². The summed E-state index contributed by atoms with van der Waals surface area (Å²) in [6.07, 6.45) is 4.07. The molecule has 0 atom stereocenters. The number of sulfonamides is 1. The molecule has 0 unspecified atom stereocenters. The molecular weight excluding hydrogens is 416 g/mol. The lowest BCUT2D eigenvalue weighted by Crippen LogP contribution is -2.20. The van der Waals surface area contributed by atoms with Crippen LogP contribution >= 0.6 is 11.6 Å². The standard InChI is InChI=1S/C20H23ClN2O5S/c1-4-28-20-17(21)11-14(12-18(20)27-2)8-9-19(24)22-13-15-6-5-7-16(10-15)23-29(3,25)26/h5-12,23H,4,13H2,1-3H3,(H,22,24)/b9-8+. The van der Waals surface area contributed by atoms with E-state index in [1.54, 1.807) is 42.5 Å². The molecule has 2 rings (SSSR count). The van der Waals surface area contributed by atoms with Gasteiger partial charge in [-0.15, -0.1) is 0 Å². The van der Waals surface area contributed by atoms with Crippen molar-refractivity contribution >= 4 is 39.3 Å². The van der Waals surface area contributed by atoms with Gasteiger partial charge in [0.1, 0.15) is 0 Å². The molecule has 7 nitrogen and oxygen atoms in total. The van der Waals surface area contributed by atoms with E-state index < -0.39 is 10.0 Å². The Labute approximate surface area is 175 Å². The van der Waals surface area contributed by atoms with Gasteiger partial charge in [0, 0.05) is 18.3 Å². The number of carbonyl (C=O) groups excluding carboxylic acids is 1. The Morgan fingerprint density at radius 3 is 2.66 bits per heavy atom. The van der Waals surface area contributed by atoms with Crippen LogP contribution in [-0.2, 0) is 21.4 Å². The highest BCUT2D eigenvalue weighted by Crippen LogP contribution is 2.36. The van der Waals surface area contributed by atoms with Crippen molar-refractivity contribution in [1.29, 1.82) is 0 Å². The SMILES string of the molecule is CCOc1c(Cl)cc(/C=C/C(=O)NCc2cccc(NS(C)(=O)=O)c2)cc1OC. The van der Waals surface area contributed by atoms with Gasteiger partial charge >= 0.3 is 0 Å². The average molecular weight is 439 g/mol. The summed E-state index contributed by atoms with van der Waals surface area (Å²) in [5.41, 5.74) is 1.88. The molecule has 156 valence electrons. The largest absolute Gasteiger partial charge is 0.493 e. The van der Waals surface area contributed by atoms with E-state index in [9.17, 15) is 13.2 Å². The Kier molecular flexibility index (Phi) is 7.92. The van der Waals surface area contributed by atoms with E-state index in [-0.39, 0.29) is 12.5 Å². The maximum Gasteiger partial charge on any atom is 0.244 e. The Morgan fingerprint density at radius 2 is 2.00 bits per heavy atom. The number of benzene rings is 2. The number of carbonyl (C=O) groups is 1. The van der Waals surface area contributed by atoms with Gasteiger partial charge in [-0.1, -0.05) is 23.7 Å². The number of ether oxygens (including phenoxy) is 2. The molecule has 0 spiro atoms. The number of halogens is 1. The molecule has 2 aromatic rings. The van der Waals surface area contributed by atoms with Crippen molar-refractivity contribution in [3.8, 4) is 11.5 Å². The Balaban J connectivity index is 2.02. The summed E-state index contributed by atoms with van der Waals surface area (Å²) in [5, 5.41) is 3.13. The van der Waals surface area contributed by atoms with Crippen molar-refractivity contribution in [3.63, 3.8) is 0 Å². The van der Waals surface area contributed by atoms with Crippen molar-refractivity contribution in [1.82, 2.24) is 5.32 Å². The maximum atomic E-state index is 12.1. The molecule has 0 aliphatic rings. The molecular formula is C20H23ClN2O5S. The third kappa shape index (κ3) is 7.32. The molecule has 0 saturated carbocycles. The van der Waals surface area contributed by atoms with Crippen LogP contribution < -0.4 is 19.5 Å². The van der Waals surface area contributed by atoms with Crippen molar-refractivity contribution in [2.24, 2.45) is 0 Å². The number of amides is 1. The first-order valence-electron chi connectivity index (χ1n) is 8.74. The first-order valence-corrected chi connectivity index (χ1v) is 11.0. The van der Waals surface area contributed by atoms with Crippen LogP contribution in [0.3, 0.4) is 0 Å². The smallest absolute Gasteiger partial charge is 0.244 e. The lowest BCUT2D eigenvalue weighted by Gasteiger charge is -2.11. The van der Waals surface area contributed by atoms with Gasteiger partial charge in [-0.25, -0.2) is 8.42 Å². The van der Waals surface area contributed by atoms with E-state index in [1.165, 1.54) is 13.2 Å². The van der Waals surface area contributed by atoms with Crippen molar-refractivity contribution in [3.05, 3.63) is 58.6 Å². The molecule has 0 aliphatic heterocycles. The molecule has 1 amide bonds. The van der Waals surface area contributed by atoms with Crippen LogP contribution in [0, 0.1) is 0 Å². The third-order valence-electron chi connectivity index (χ3n) is 3.66. The maximum absolute atomic E-state index is 12.1. The zero-order valence-electron chi connectivity index (χ0n) is 16.4. The lowest BCUT2D eigenvalue weighted by atomic mass is 10.1. The highest BCUT2D eigenvalue weighted by Gasteiger charge is 2.11. The van der Waals surface area contributed by atoms with Crippen LogP contribution in [0.1, 0.15) is 18.1 Å². The van der Waals surface area contributed by atoms with E-state index >= 15 is 0 Å². The zero-order chi connectivity index (χ0) is 21.4. The van der Waals surface area contributed by atoms with E-state index in [2.05, 4.69) is 10.0 Å². The molecule has 0 aliphatic carbocycles. The summed E-state index contributed by atoms with van der Waals surface area (Å²) >= 11 is 6.22. The number of anilines is 1. The van der Waals surface area contributed by atoms with E-state index in [1.807, 2.05) is 6.92 Å². The van der Waals surface area contributed by atoms with Crippen molar-refractivity contribution < 1.29 is 22.7 Å². The number of nitrogens with one attached hydrogen (secondary N) is 2. The van der Waals surface area contributed by atoms with Crippen LogP contribution in [-0.4, -0.2) is 34.3 Å². The second-order valence-corrected chi connectivity index (χ2v) is 8.25. The van der Waals surface area contributed by atoms with E-state index in [0.717, 1.165) is 11.8 Å². The fourth-order valence-electron chi connectivity index (χ4n) is 2.50. The molecule has 0 bridgehead atoms. The molecule has 2 N–H and O–H groups in total. The number of rotatable bonds is 9. The highest BCUT2D eigenvalue weighted by atomic mass is 35.5. The number of methoxy groups -OCH3 is 1. The minimum atomic E-state index is -3.36. The van der Waals surface area contributed by atoms with Gasteiger partial charge in [-0.3, -0.25) is 9.52 Å². The number of hydrogen-bond acceptors (Lipinski definition) is 5. The van der Waals surface area contributed by atoms with Gasteiger partial charge in [-0.05, 0) is 48.4 Å². The molecule has 0 saturated heterocycles. The molecule has 0 aromatic heterocycles. The van der Waals surface area contributed by atoms with Crippen LogP contribution in [0.2, 0.25) is 5.02 Å². The minimum Gasteiger partial charge on any atom is -0.493 e. The van der Waals surface area contributed by atoms with Crippen LogP contribution in [0.5, 0.6) is 11.5 Å². The Hall–Kier alpha value is -2.71. The first-order chi connectivity index (χ1) is 13.7. The summed E-state index contributed by atoms with van der Waals surface area (Å²) in [6.45, 7) is 2.55. The average Bonchev–Trinajstić information content (AvgIpc) is 2.65. The van der Waals surface area contributed by atoms with E-state index in [4.69, 9.17) is 21.1 Å². The van der Waals surface area contributed by atoms with Gasteiger partial charge in [0.05, 0.1) is 25.0 Å². The fourth-order valence-corrected chi connectivity index (χ4v) is 3.33. The van der Waals surface area contributed by atoms with Crippen molar-refractivity contribution in [2.75, 3.05) is 24.7 Å². The molecule has 9 heteroatoms. The van der Waals surface area contributed by atoms with Crippen LogP contribution in [0.15, 0.2) is 42.5 Å². The minimum absolute atomic E-state index is 0.246. The summed E-state index contributed by atoms with van der Waals surface area (Å²) < 4.78 is 35.8. The highest BCUT2D eigenvalue weighted by molar-refractivity contribution is 7.92. The summed E-state index contributed by atoms with van der Waals surface area (Å²) in [7, 11) is -1.84. The topological polar surface area (TPSA) is 93.7 Å². The Morgan fingerprint density at radius 1 is 1.24 bits per heavy atom. The first kappa shape index (κ1) is 22.6. The monoisotopic (exact) mass is 438 g/mol. The second-order valence-electron chi connectivity index (χ2n) is 6.09. The number of hydrogen-bond donors (Lipinski definition) is 2. The van der Waals surface area contributed by atoms with E-state index in [0.29, 0.717) is 34.4 Å². The van der Waals surface area contributed by atoms with Crippen LogP contribution in [0.4, 0.5) is 5.69 Å². The lowest BCUT2D eigenvalue weighted by molar-refractivity contribution is -0.116. The summed E-state index contributed by atoms with van der Waals surface area (Å²) in [6, 6.07) is 10.2. The summed E-state index contributed by atoms with van der Waals surface area (Å²) in [4.78, 5) is 12.1. The zero-order valence-corrected chi connectivity index (χ0v) is 17.9. The van der Waals surface area contributed by atoms with Gasteiger partial charge in [-0.2, -0.15) is 0 Å². The molecule has 0 heterocycles. The quantitative estimate of drug-likeness (QED) is 0.585. The summed E-state index contributed by atoms with van der Waals surface area (Å²) in [5.74, 6) is 0.630. The second kappa shape index (κ2) is 10.2. The predicted octanol–water partition coefficient (Wildman–Crippen LogP) is 3.45. The molecule has 0 fully saturated rings. The van der Waals surface area contributed by atoms with Gasteiger partial charge in [0.15, 0.2) is 11.5 Å². The third-order valence-corrected chi connectivity index (χ3v) is 4.55. The molecule has 2 aromatic carbocycles. The normalized spacial score (nSPS) is 11.3.